The molecule has 2 fully saturated rings. The lowest BCUT2D eigenvalue weighted by atomic mass is 10.1. The molecule has 0 aromatic rings. The van der Waals surface area contributed by atoms with E-state index in [9.17, 15) is 13.2 Å². The molecule has 1 amide bonds. The molecule has 122 valence electrons. The van der Waals surface area contributed by atoms with Gasteiger partial charge in [-0.2, -0.15) is 4.31 Å². The van der Waals surface area contributed by atoms with Crippen LogP contribution in [0.25, 0.3) is 0 Å². The smallest absolute Gasteiger partial charge is 0.238 e. The second-order valence-electron chi connectivity index (χ2n) is 6.13. The summed E-state index contributed by atoms with van der Waals surface area (Å²) >= 11 is 0. The van der Waals surface area contributed by atoms with Gasteiger partial charge in [0.2, 0.25) is 15.9 Å². The van der Waals surface area contributed by atoms with Crippen molar-refractivity contribution in [1.29, 1.82) is 0 Å². The number of hydrogen-bond acceptors (Lipinski definition) is 4. The van der Waals surface area contributed by atoms with Crippen LogP contribution < -0.4 is 11.1 Å². The Balaban J connectivity index is 1.98. The summed E-state index contributed by atoms with van der Waals surface area (Å²) in [4.78, 5) is 12.4. The van der Waals surface area contributed by atoms with Crippen molar-refractivity contribution in [2.45, 2.75) is 57.5 Å². The highest BCUT2D eigenvalue weighted by Gasteiger charge is 2.40. The van der Waals surface area contributed by atoms with Gasteiger partial charge in [-0.15, -0.1) is 0 Å². The summed E-state index contributed by atoms with van der Waals surface area (Å²) < 4.78 is 26.1. The number of hydrogen-bond donors (Lipinski definition) is 2. The molecule has 0 aromatic carbocycles. The minimum atomic E-state index is -3.32. The molecule has 2 aliphatic rings. The highest BCUT2D eigenvalue weighted by molar-refractivity contribution is 7.89. The quantitative estimate of drug-likeness (QED) is 0.679. The van der Waals surface area contributed by atoms with Crippen LogP contribution >= 0.6 is 0 Å². The zero-order valence-corrected chi connectivity index (χ0v) is 13.6. The molecule has 21 heavy (non-hydrogen) atoms. The summed E-state index contributed by atoms with van der Waals surface area (Å²) in [6, 6.07) is -0.544. The van der Waals surface area contributed by atoms with E-state index in [0.717, 1.165) is 25.7 Å². The van der Waals surface area contributed by atoms with Crippen LogP contribution in [0, 0.1) is 5.92 Å². The second kappa shape index (κ2) is 7.07. The van der Waals surface area contributed by atoms with Crippen molar-refractivity contribution in [3.05, 3.63) is 0 Å². The SMILES string of the molecule is CCCCS(=O)(=O)N1CCCC1C(=O)NC(CN)C1CC1. The van der Waals surface area contributed by atoms with Crippen molar-refractivity contribution in [3.8, 4) is 0 Å². The molecule has 2 rings (SSSR count). The monoisotopic (exact) mass is 317 g/mol. The van der Waals surface area contributed by atoms with Crippen LogP contribution in [0.15, 0.2) is 0 Å². The fourth-order valence-electron chi connectivity index (χ4n) is 2.93. The van der Waals surface area contributed by atoms with Gasteiger partial charge in [-0.05, 0) is 38.0 Å². The number of sulfonamides is 1. The summed E-state index contributed by atoms with van der Waals surface area (Å²) in [5.74, 6) is 0.441. The molecule has 1 saturated heterocycles. The minimum Gasteiger partial charge on any atom is -0.350 e. The maximum atomic E-state index is 12.4. The zero-order chi connectivity index (χ0) is 15.5. The first-order valence-corrected chi connectivity index (χ1v) is 9.60. The molecule has 1 saturated carbocycles. The Morgan fingerprint density at radius 3 is 2.67 bits per heavy atom. The first kappa shape index (κ1) is 16.7. The van der Waals surface area contributed by atoms with Crippen LogP contribution in [0.1, 0.15) is 45.4 Å². The van der Waals surface area contributed by atoms with Crippen LogP contribution in [0.2, 0.25) is 0 Å². The lowest BCUT2D eigenvalue weighted by Crippen LogP contribution is -2.51. The molecule has 3 N–H and O–H groups in total. The summed E-state index contributed by atoms with van der Waals surface area (Å²) in [5.41, 5.74) is 5.70. The van der Waals surface area contributed by atoms with Crippen LogP contribution in [0.5, 0.6) is 0 Å². The van der Waals surface area contributed by atoms with E-state index in [0.29, 0.717) is 31.8 Å². The fourth-order valence-corrected chi connectivity index (χ4v) is 4.81. The Morgan fingerprint density at radius 1 is 1.38 bits per heavy atom. The van der Waals surface area contributed by atoms with E-state index >= 15 is 0 Å². The summed E-state index contributed by atoms with van der Waals surface area (Å²) in [7, 11) is -3.32. The first-order valence-electron chi connectivity index (χ1n) is 7.99. The van der Waals surface area contributed by atoms with E-state index in [2.05, 4.69) is 5.32 Å². The Hall–Kier alpha value is -0.660. The number of nitrogens with zero attached hydrogens (tertiary/aromatic N) is 1. The molecular weight excluding hydrogens is 290 g/mol. The van der Waals surface area contributed by atoms with Crippen molar-refractivity contribution in [2.24, 2.45) is 11.7 Å². The number of unbranched alkanes of at least 4 members (excludes halogenated alkanes) is 1. The molecule has 1 aliphatic heterocycles. The van der Waals surface area contributed by atoms with E-state index < -0.39 is 16.1 Å². The standard InChI is InChI=1S/C14H27N3O3S/c1-2-3-9-21(19,20)17-8-4-5-13(17)14(18)16-12(10-15)11-6-7-11/h11-13H,2-10,15H2,1H3,(H,16,18). The third-order valence-electron chi connectivity index (χ3n) is 4.39. The van der Waals surface area contributed by atoms with Gasteiger partial charge in [0.15, 0.2) is 0 Å². The third-order valence-corrected chi connectivity index (χ3v) is 6.35. The Labute approximate surface area is 127 Å². The van der Waals surface area contributed by atoms with Gasteiger partial charge < -0.3 is 11.1 Å². The number of amides is 1. The van der Waals surface area contributed by atoms with Crippen molar-refractivity contribution in [3.63, 3.8) is 0 Å². The Bertz CT molecular complexity index is 462. The highest BCUT2D eigenvalue weighted by Crippen LogP contribution is 2.32. The number of nitrogens with two attached hydrogens (primary N) is 1. The number of nitrogens with one attached hydrogen (secondary N) is 1. The highest BCUT2D eigenvalue weighted by atomic mass is 32.2. The predicted molar refractivity (Wildman–Crippen MR) is 82.1 cm³/mol. The fraction of sp³-hybridized carbons (Fsp3) is 0.929. The van der Waals surface area contributed by atoms with Gasteiger partial charge >= 0.3 is 0 Å². The topological polar surface area (TPSA) is 92.5 Å². The minimum absolute atomic E-state index is 0.00158. The van der Waals surface area contributed by atoms with Gasteiger partial charge in [-0.3, -0.25) is 4.79 Å². The van der Waals surface area contributed by atoms with Crippen LogP contribution in [-0.2, 0) is 14.8 Å². The first-order chi connectivity index (χ1) is 9.99. The molecule has 0 aromatic heterocycles. The average Bonchev–Trinajstić information content (AvgIpc) is 3.17. The lowest BCUT2D eigenvalue weighted by molar-refractivity contribution is -0.125. The summed E-state index contributed by atoms with van der Waals surface area (Å²) in [6.45, 7) is 2.84. The number of rotatable bonds is 8. The molecule has 0 spiro atoms. The van der Waals surface area contributed by atoms with E-state index in [1.165, 1.54) is 4.31 Å². The zero-order valence-electron chi connectivity index (χ0n) is 12.8. The van der Waals surface area contributed by atoms with E-state index in [1.807, 2.05) is 6.92 Å². The molecule has 2 atom stereocenters. The largest absolute Gasteiger partial charge is 0.350 e. The lowest BCUT2D eigenvalue weighted by Gasteiger charge is -2.25. The van der Waals surface area contributed by atoms with E-state index in [4.69, 9.17) is 5.73 Å². The molecular formula is C14H27N3O3S. The van der Waals surface area contributed by atoms with E-state index in [1.54, 1.807) is 0 Å². The molecule has 1 heterocycles. The molecule has 2 unspecified atom stereocenters. The maximum absolute atomic E-state index is 12.4. The van der Waals surface area contributed by atoms with Gasteiger partial charge in [0.25, 0.3) is 0 Å². The van der Waals surface area contributed by atoms with Crippen molar-refractivity contribution in [2.75, 3.05) is 18.8 Å². The molecule has 6 nitrogen and oxygen atoms in total. The van der Waals surface area contributed by atoms with Crippen molar-refractivity contribution >= 4 is 15.9 Å². The summed E-state index contributed by atoms with van der Waals surface area (Å²) in [5, 5.41) is 2.96. The van der Waals surface area contributed by atoms with Gasteiger partial charge in [0.1, 0.15) is 6.04 Å². The van der Waals surface area contributed by atoms with E-state index in [-0.39, 0.29) is 17.7 Å². The maximum Gasteiger partial charge on any atom is 0.238 e. The average molecular weight is 317 g/mol. The molecule has 7 heteroatoms. The summed E-state index contributed by atoms with van der Waals surface area (Å²) in [6.07, 6.45) is 5.04. The predicted octanol–water partition coefficient (Wildman–Crippen LogP) is 0.434. The van der Waals surface area contributed by atoms with Crippen LogP contribution in [-0.4, -0.2) is 49.6 Å². The number of carbonyl (C=O) groups is 1. The van der Waals surface area contributed by atoms with Gasteiger partial charge in [-0.1, -0.05) is 13.3 Å². The second-order valence-corrected chi connectivity index (χ2v) is 8.17. The molecule has 0 radical (unpaired) electrons. The van der Waals surface area contributed by atoms with Gasteiger partial charge in [-0.25, -0.2) is 8.42 Å². The Kier molecular flexibility index (Phi) is 5.62. The van der Waals surface area contributed by atoms with Crippen LogP contribution in [0.3, 0.4) is 0 Å². The van der Waals surface area contributed by atoms with Crippen LogP contribution in [0.4, 0.5) is 0 Å². The van der Waals surface area contributed by atoms with Gasteiger partial charge in [0.05, 0.1) is 5.75 Å². The molecule has 1 aliphatic carbocycles. The Morgan fingerprint density at radius 2 is 2.10 bits per heavy atom. The van der Waals surface area contributed by atoms with Gasteiger partial charge in [0, 0.05) is 19.1 Å². The van der Waals surface area contributed by atoms with Crippen molar-refractivity contribution < 1.29 is 13.2 Å². The van der Waals surface area contributed by atoms with Crippen molar-refractivity contribution in [1.82, 2.24) is 9.62 Å². The third kappa shape index (κ3) is 4.17. The number of carbonyl (C=O) groups excluding carboxylic acids is 1. The normalized spacial score (nSPS) is 25.0. The molecule has 0 bridgehead atoms.